The number of halogens is 3. The van der Waals surface area contributed by atoms with Crippen LogP contribution in [0.25, 0.3) is 17.4 Å². The van der Waals surface area contributed by atoms with Gasteiger partial charge in [0.05, 0.1) is 14.2 Å². The Morgan fingerprint density at radius 3 is 2.52 bits per heavy atom. The molecule has 0 unspecified atom stereocenters. The predicted molar refractivity (Wildman–Crippen MR) is 98.2 cm³/mol. The van der Waals surface area contributed by atoms with Gasteiger partial charge in [0.25, 0.3) is 0 Å². The second-order valence-corrected chi connectivity index (χ2v) is 5.82. The van der Waals surface area contributed by atoms with Crippen LogP contribution in [-0.2, 0) is 15.7 Å². The predicted octanol–water partition coefficient (Wildman–Crippen LogP) is 4.02. The molecule has 0 saturated heterocycles. The van der Waals surface area contributed by atoms with E-state index < -0.39 is 23.6 Å². The first-order valence-electron chi connectivity index (χ1n) is 8.43. The molecule has 0 bridgehead atoms. The van der Waals surface area contributed by atoms with Crippen LogP contribution in [0.5, 0.6) is 17.5 Å². The van der Waals surface area contributed by atoms with Crippen LogP contribution >= 0.6 is 0 Å². The zero-order valence-corrected chi connectivity index (χ0v) is 16.0. The van der Waals surface area contributed by atoms with Crippen molar-refractivity contribution >= 4 is 12.0 Å². The summed E-state index contributed by atoms with van der Waals surface area (Å²) >= 11 is 0. The molecule has 2 heterocycles. The third kappa shape index (κ3) is 4.91. The van der Waals surface area contributed by atoms with Gasteiger partial charge >= 0.3 is 12.1 Å². The minimum atomic E-state index is -4.64. The van der Waals surface area contributed by atoms with Crippen molar-refractivity contribution in [2.45, 2.75) is 6.18 Å². The Hall–Kier alpha value is -4.09. The minimum Gasteiger partial charge on any atom is -0.490 e. The van der Waals surface area contributed by atoms with Crippen LogP contribution in [0.3, 0.4) is 0 Å². The number of carboxylic acid groups (broad SMARTS) is 1. The summed E-state index contributed by atoms with van der Waals surface area (Å²) in [5.41, 5.74) is -0.821. The molecule has 0 radical (unpaired) electrons. The van der Waals surface area contributed by atoms with Gasteiger partial charge in [0, 0.05) is 17.7 Å². The topological polar surface area (TPSA) is 117 Å². The molecule has 0 amide bonds. The van der Waals surface area contributed by atoms with Gasteiger partial charge in [0.15, 0.2) is 11.5 Å². The van der Waals surface area contributed by atoms with Crippen molar-refractivity contribution in [2.24, 2.45) is 0 Å². The fourth-order valence-corrected chi connectivity index (χ4v) is 2.44. The number of aliphatic carboxylic acids is 1. The zero-order valence-electron chi connectivity index (χ0n) is 16.0. The molecule has 31 heavy (non-hydrogen) atoms. The van der Waals surface area contributed by atoms with Crippen molar-refractivity contribution in [3.05, 3.63) is 53.7 Å². The highest BCUT2D eigenvalue weighted by Gasteiger charge is 2.35. The van der Waals surface area contributed by atoms with Crippen LogP contribution in [0.1, 0.15) is 11.3 Å². The maximum Gasteiger partial charge on any atom is 0.436 e. The number of nitrogens with zero attached hydrogens (tertiary/aromatic N) is 3. The SMILES string of the molecule is COC(=Cc1c(OC)ncnc1Oc1cccc(-c2cc(C(F)(F)F)no2)c1)C(=O)O. The number of methoxy groups -OCH3 is 2. The Kier molecular flexibility index (Phi) is 6.09. The van der Waals surface area contributed by atoms with Crippen LogP contribution in [0.4, 0.5) is 13.2 Å². The number of alkyl halides is 3. The summed E-state index contributed by atoms with van der Waals surface area (Å²) in [4.78, 5) is 19.1. The highest BCUT2D eigenvalue weighted by atomic mass is 19.4. The van der Waals surface area contributed by atoms with Gasteiger partial charge in [-0.15, -0.1) is 0 Å². The summed E-state index contributed by atoms with van der Waals surface area (Å²) in [7, 11) is 2.49. The third-order valence-corrected chi connectivity index (χ3v) is 3.84. The minimum absolute atomic E-state index is 0.0157. The number of ether oxygens (including phenoxy) is 3. The van der Waals surface area contributed by atoms with Crippen molar-refractivity contribution in [3.8, 4) is 28.8 Å². The summed E-state index contributed by atoms with van der Waals surface area (Å²) in [6, 6.07) is 6.70. The van der Waals surface area contributed by atoms with E-state index in [-0.39, 0.29) is 34.4 Å². The van der Waals surface area contributed by atoms with Gasteiger partial charge in [-0.05, 0) is 12.1 Å². The number of carbonyl (C=O) groups is 1. The average molecular weight is 437 g/mol. The molecule has 162 valence electrons. The largest absolute Gasteiger partial charge is 0.490 e. The molecule has 2 aromatic heterocycles. The van der Waals surface area contributed by atoms with Crippen molar-refractivity contribution in [1.82, 2.24) is 15.1 Å². The van der Waals surface area contributed by atoms with Crippen LogP contribution in [0, 0.1) is 0 Å². The lowest BCUT2D eigenvalue weighted by Crippen LogP contribution is -2.04. The van der Waals surface area contributed by atoms with Gasteiger partial charge in [-0.2, -0.15) is 13.2 Å². The Morgan fingerprint density at radius 2 is 1.90 bits per heavy atom. The maximum absolute atomic E-state index is 12.8. The molecule has 0 fully saturated rings. The van der Waals surface area contributed by atoms with Crippen LogP contribution < -0.4 is 9.47 Å². The molecule has 3 aromatic rings. The molecule has 3 rings (SSSR count). The zero-order chi connectivity index (χ0) is 22.6. The second kappa shape index (κ2) is 8.73. The molecular weight excluding hydrogens is 423 g/mol. The molecule has 0 aliphatic carbocycles. The molecule has 0 saturated carbocycles. The van der Waals surface area contributed by atoms with E-state index in [0.717, 1.165) is 18.5 Å². The first-order valence-corrected chi connectivity index (χ1v) is 8.43. The lowest BCUT2D eigenvalue weighted by Gasteiger charge is -2.11. The smallest absolute Gasteiger partial charge is 0.436 e. The Bertz CT molecular complexity index is 1130. The molecule has 9 nitrogen and oxygen atoms in total. The fourth-order valence-electron chi connectivity index (χ4n) is 2.44. The van der Waals surface area contributed by atoms with E-state index in [2.05, 4.69) is 15.1 Å². The van der Waals surface area contributed by atoms with Crippen LogP contribution in [0.2, 0.25) is 0 Å². The van der Waals surface area contributed by atoms with E-state index >= 15 is 0 Å². The summed E-state index contributed by atoms with van der Waals surface area (Å²) in [5, 5.41) is 12.2. The highest BCUT2D eigenvalue weighted by molar-refractivity contribution is 5.90. The first-order chi connectivity index (χ1) is 14.7. The Morgan fingerprint density at radius 1 is 1.16 bits per heavy atom. The Balaban J connectivity index is 1.98. The molecule has 0 spiro atoms. The van der Waals surface area contributed by atoms with E-state index in [1.165, 1.54) is 38.5 Å². The van der Waals surface area contributed by atoms with E-state index in [0.29, 0.717) is 0 Å². The lowest BCUT2D eigenvalue weighted by molar-refractivity contribution is -0.142. The summed E-state index contributed by atoms with van der Waals surface area (Å²) < 4.78 is 58.7. The van der Waals surface area contributed by atoms with Gasteiger partial charge < -0.3 is 23.8 Å². The van der Waals surface area contributed by atoms with Gasteiger partial charge in [-0.1, -0.05) is 17.3 Å². The van der Waals surface area contributed by atoms with E-state index in [1.807, 2.05) is 0 Å². The lowest BCUT2D eigenvalue weighted by atomic mass is 10.1. The van der Waals surface area contributed by atoms with Gasteiger partial charge in [0.2, 0.25) is 17.5 Å². The molecular formula is C19H14F3N3O6. The van der Waals surface area contributed by atoms with Gasteiger partial charge in [-0.25, -0.2) is 14.8 Å². The summed E-state index contributed by atoms with van der Waals surface area (Å²) in [6.07, 6.45) is -2.39. The second-order valence-electron chi connectivity index (χ2n) is 5.82. The van der Waals surface area contributed by atoms with E-state index in [1.54, 1.807) is 0 Å². The molecule has 0 aliphatic heterocycles. The highest BCUT2D eigenvalue weighted by Crippen LogP contribution is 2.34. The number of hydrogen-bond acceptors (Lipinski definition) is 8. The average Bonchev–Trinajstić information content (AvgIpc) is 3.23. The molecule has 1 aromatic carbocycles. The number of aromatic nitrogens is 3. The summed E-state index contributed by atoms with van der Waals surface area (Å²) in [5.74, 6) is -1.77. The number of carboxylic acids is 1. The summed E-state index contributed by atoms with van der Waals surface area (Å²) in [6.45, 7) is 0. The van der Waals surface area contributed by atoms with Crippen molar-refractivity contribution in [3.63, 3.8) is 0 Å². The van der Waals surface area contributed by atoms with E-state index in [9.17, 15) is 23.1 Å². The first kappa shape index (κ1) is 21.6. The molecule has 0 atom stereocenters. The van der Waals surface area contributed by atoms with Crippen molar-refractivity contribution in [2.75, 3.05) is 14.2 Å². The maximum atomic E-state index is 12.8. The van der Waals surface area contributed by atoms with Crippen molar-refractivity contribution in [1.29, 1.82) is 0 Å². The monoisotopic (exact) mass is 437 g/mol. The molecule has 1 N–H and O–H groups in total. The van der Waals surface area contributed by atoms with E-state index in [4.69, 9.17) is 18.7 Å². The van der Waals surface area contributed by atoms with Crippen LogP contribution in [0.15, 0.2) is 46.9 Å². The van der Waals surface area contributed by atoms with Gasteiger partial charge in [-0.3, -0.25) is 0 Å². The number of rotatable bonds is 7. The van der Waals surface area contributed by atoms with Crippen molar-refractivity contribution < 1.29 is 41.8 Å². The molecule has 12 heteroatoms. The quantitative estimate of drug-likeness (QED) is 0.432. The Labute approximate surface area is 172 Å². The number of hydrogen-bond donors (Lipinski definition) is 1. The molecule has 0 aliphatic rings. The van der Waals surface area contributed by atoms with Crippen LogP contribution in [-0.4, -0.2) is 40.4 Å². The number of benzene rings is 1. The normalized spacial score (nSPS) is 11.8. The third-order valence-electron chi connectivity index (χ3n) is 3.84. The fraction of sp³-hybridized carbons (Fsp3) is 0.158. The standard InChI is InChI=1S/C19H14F3N3O6/c1-28-14(18(26)27)7-12-16(29-2)23-9-24-17(12)30-11-5-3-4-10(6-11)13-8-15(25-31-13)19(20,21)22/h3-9H,1-2H3,(H,26,27). The van der Waals surface area contributed by atoms with Gasteiger partial charge in [0.1, 0.15) is 17.6 Å².